The average molecular weight is 204 g/mol. The molecule has 0 amide bonds. The Bertz CT molecular complexity index is 180. The van der Waals surface area contributed by atoms with E-state index in [1.165, 1.54) is 5.75 Å². The zero-order valence-electron chi connectivity index (χ0n) is 7.81. The van der Waals surface area contributed by atoms with Gasteiger partial charge in [0.1, 0.15) is 0 Å². The van der Waals surface area contributed by atoms with Crippen molar-refractivity contribution in [2.75, 3.05) is 12.3 Å². The molecule has 0 radical (unpaired) electrons. The first-order valence-electron chi connectivity index (χ1n) is 4.24. The molecular formula is C8H16N2S2. The molecule has 0 aromatic carbocycles. The Hall–Kier alpha value is 0.0400. The molecule has 1 atom stereocenters. The highest BCUT2D eigenvalue weighted by Crippen LogP contribution is 2.39. The van der Waals surface area contributed by atoms with Crippen molar-refractivity contribution in [1.82, 2.24) is 10.6 Å². The van der Waals surface area contributed by atoms with Crippen molar-refractivity contribution in [3.8, 4) is 0 Å². The highest BCUT2D eigenvalue weighted by molar-refractivity contribution is 8.02. The molecule has 4 heteroatoms. The summed E-state index contributed by atoms with van der Waals surface area (Å²) in [7, 11) is 0. The second-order valence-electron chi connectivity index (χ2n) is 3.47. The van der Waals surface area contributed by atoms with E-state index in [1.807, 2.05) is 11.8 Å². The predicted octanol–water partition coefficient (Wildman–Crippen LogP) is 1.36. The lowest BCUT2D eigenvalue weighted by molar-refractivity contribution is 0.497. The summed E-state index contributed by atoms with van der Waals surface area (Å²) in [4.78, 5) is 0. The van der Waals surface area contributed by atoms with E-state index in [9.17, 15) is 0 Å². The fourth-order valence-electron chi connectivity index (χ4n) is 1.09. The summed E-state index contributed by atoms with van der Waals surface area (Å²) >= 11 is 7.08. The minimum absolute atomic E-state index is 0.347. The lowest BCUT2D eigenvalue weighted by Crippen LogP contribution is -2.58. The number of rotatable bonds is 2. The molecule has 1 rings (SSSR count). The van der Waals surface area contributed by atoms with Gasteiger partial charge >= 0.3 is 0 Å². The van der Waals surface area contributed by atoms with Crippen LogP contribution in [0, 0.1) is 0 Å². The van der Waals surface area contributed by atoms with Gasteiger partial charge in [-0.2, -0.15) is 11.8 Å². The maximum atomic E-state index is 5.10. The van der Waals surface area contributed by atoms with Crippen LogP contribution in [0.15, 0.2) is 0 Å². The number of thiocarbonyl (C=S) groups is 1. The Morgan fingerprint density at radius 2 is 2.33 bits per heavy atom. The summed E-state index contributed by atoms with van der Waals surface area (Å²) < 4.78 is 0.347. The van der Waals surface area contributed by atoms with Crippen LogP contribution < -0.4 is 10.6 Å². The molecule has 1 heterocycles. The SMILES string of the molecule is CCNC(=S)NC1CSC1(C)C. The molecule has 1 fully saturated rings. The molecule has 0 aromatic heterocycles. The summed E-state index contributed by atoms with van der Waals surface area (Å²) in [6.45, 7) is 7.43. The van der Waals surface area contributed by atoms with E-state index in [-0.39, 0.29) is 0 Å². The van der Waals surface area contributed by atoms with Crippen LogP contribution in [0.1, 0.15) is 20.8 Å². The Kier molecular flexibility index (Phi) is 3.23. The lowest BCUT2D eigenvalue weighted by atomic mass is 10.0. The van der Waals surface area contributed by atoms with Gasteiger partial charge in [0.15, 0.2) is 5.11 Å². The van der Waals surface area contributed by atoms with Crippen LogP contribution in [-0.2, 0) is 0 Å². The molecule has 1 aliphatic rings. The molecule has 0 saturated carbocycles. The zero-order valence-corrected chi connectivity index (χ0v) is 9.44. The monoisotopic (exact) mass is 204 g/mol. The van der Waals surface area contributed by atoms with Crippen molar-refractivity contribution in [2.24, 2.45) is 0 Å². The Labute approximate surface area is 83.9 Å². The molecule has 0 spiro atoms. The van der Waals surface area contributed by atoms with Crippen LogP contribution in [-0.4, -0.2) is 28.2 Å². The maximum Gasteiger partial charge on any atom is 0.166 e. The maximum absolute atomic E-state index is 5.10. The smallest absolute Gasteiger partial charge is 0.166 e. The van der Waals surface area contributed by atoms with Gasteiger partial charge in [-0.1, -0.05) is 0 Å². The van der Waals surface area contributed by atoms with Crippen molar-refractivity contribution in [1.29, 1.82) is 0 Å². The summed E-state index contributed by atoms with van der Waals surface area (Å²) in [5.41, 5.74) is 0. The highest BCUT2D eigenvalue weighted by Gasteiger charge is 2.39. The molecular weight excluding hydrogens is 188 g/mol. The highest BCUT2D eigenvalue weighted by atomic mass is 32.2. The number of hydrogen-bond donors (Lipinski definition) is 2. The van der Waals surface area contributed by atoms with Crippen LogP contribution in [0.2, 0.25) is 0 Å². The van der Waals surface area contributed by atoms with Crippen molar-refractivity contribution in [2.45, 2.75) is 31.6 Å². The normalized spacial score (nSPS) is 25.8. The lowest BCUT2D eigenvalue weighted by Gasteiger charge is -2.44. The summed E-state index contributed by atoms with van der Waals surface area (Å²) in [5.74, 6) is 1.17. The Morgan fingerprint density at radius 3 is 2.67 bits per heavy atom. The van der Waals surface area contributed by atoms with Gasteiger partial charge in [-0.15, -0.1) is 0 Å². The average Bonchev–Trinajstić information content (AvgIpc) is 1.99. The summed E-state index contributed by atoms with van der Waals surface area (Å²) in [6.07, 6.45) is 0. The third-order valence-electron chi connectivity index (χ3n) is 2.10. The van der Waals surface area contributed by atoms with E-state index < -0.39 is 0 Å². The van der Waals surface area contributed by atoms with Gasteiger partial charge in [-0.3, -0.25) is 0 Å². The summed E-state index contributed by atoms with van der Waals surface area (Å²) in [6, 6.07) is 0.536. The van der Waals surface area contributed by atoms with E-state index in [2.05, 4.69) is 31.4 Å². The van der Waals surface area contributed by atoms with E-state index in [1.54, 1.807) is 0 Å². The first-order chi connectivity index (χ1) is 5.56. The van der Waals surface area contributed by atoms with Crippen LogP contribution in [0.5, 0.6) is 0 Å². The number of thioether (sulfide) groups is 1. The van der Waals surface area contributed by atoms with Gasteiger partial charge in [0.2, 0.25) is 0 Å². The van der Waals surface area contributed by atoms with E-state index >= 15 is 0 Å². The van der Waals surface area contributed by atoms with Gasteiger partial charge in [-0.05, 0) is 33.0 Å². The molecule has 1 saturated heterocycles. The standard InChI is InChI=1S/C8H16N2S2/c1-4-9-7(11)10-6-5-12-8(6,2)3/h6H,4-5H2,1-3H3,(H2,9,10,11). The molecule has 2 N–H and O–H groups in total. The van der Waals surface area contributed by atoms with Crippen LogP contribution in [0.4, 0.5) is 0 Å². The second kappa shape index (κ2) is 3.83. The van der Waals surface area contributed by atoms with Crippen LogP contribution in [0.3, 0.4) is 0 Å². The number of hydrogen-bond acceptors (Lipinski definition) is 2. The molecule has 1 aliphatic heterocycles. The van der Waals surface area contributed by atoms with Gasteiger partial charge in [0.25, 0.3) is 0 Å². The molecule has 2 nitrogen and oxygen atoms in total. The van der Waals surface area contributed by atoms with Crippen molar-refractivity contribution >= 4 is 29.1 Å². The van der Waals surface area contributed by atoms with Gasteiger partial charge in [-0.25, -0.2) is 0 Å². The molecule has 1 unspecified atom stereocenters. The summed E-state index contributed by atoms with van der Waals surface area (Å²) in [5, 5.41) is 7.19. The third kappa shape index (κ3) is 2.26. The molecule has 0 aliphatic carbocycles. The molecule has 0 bridgehead atoms. The minimum atomic E-state index is 0.347. The quantitative estimate of drug-likeness (QED) is 0.663. The minimum Gasteiger partial charge on any atom is -0.363 e. The fraction of sp³-hybridized carbons (Fsp3) is 0.875. The van der Waals surface area contributed by atoms with E-state index in [0.717, 1.165) is 11.7 Å². The topological polar surface area (TPSA) is 24.1 Å². The van der Waals surface area contributed by atoms with Gasteiger partial charge in [0.05, 0.1) is 6.04 Å². The van der Waals surface area contributed by atoms with Crippen LogP contribution in [0.25, 0.3) is 0 Å². The van der Waals surface area contributed by atoms with E-state index in [0.29, 0.717) is 10.8 Å². The first kappa shape index (κ1) is 10.1. The van der Waals surface area contributed by atoms with E-state index in [4.69, 9.17) is 12.2 Å². The predicted molar refractivity (Wildman–Crippen MR) is 59.7 cm³/mol. The van der Waals surface area contributed by atoms with Crippen molar-refractivity contribution in [3.05, 3.63) is 0 Å². The number of nitrogens with one attached hydrogen (secondary N) is 2. The Balaban J connectivity index is 2.28. The van der Waals surface area contributed by atoms with Gasteiger partial charge in [0, 0.05) is 17.0 Å². The molecule has 12 heavy (non-hydrogen) atoms. The van der Waals surface area contributed by atoms with Gasteiger partial charge < -0.3 is 10.6 Å². The third-order valence-corrected chi connectivity index (χ3v) is 3.89. The fourth-order valence-corrected chi connectivity index (χ4v) is 2.51. The Morgan fingerprint density at radius 1 is 1.67 bits per heavy atom. The second-order valence-corrected chi connectivity index (χ2v) is 5.55. The first-order valence-corrected chi connectivity index (χ1v) is 5.64. The van der Waals surface area contributed by atoms with Crippen molar-refractivity contribution in [3.63, 3.8) is 0 Å². The molecule has 0 aromatic rings. The molecule has 70 valence electrons. The van der Waals surface area contributed by atoms with Crippen LogP contribution >= 0.6 is 24.0 Å². The van der Waals surface area contributed by atoms with Crippen molar-refractivity contribution < 1.29 is 0 Å². The largest absolute Gasteiger partial charge is 0.363 e. The zero-order chi connectivity index (χ0) is 9.19.